The van der Waals surface area contributed by atoms with Crippen molar-refractivity contribution in [3.05, 3.63) is 72.1 Å². The van der Waals surface area contributed by atoms with Crippen molar-refractivity contribution in [1.29, 1.82) is 0 Å². The second-order valence-corrected chi connectivity index (χ2v) is 4.93. The summed E-state index contributed by atoms with van der Waals surface area (Å²) in [5.74, 6) is 0.927. The Morgan fingerprint density at radius 3 is 2.57 bits per heavy atom. The Balaban J connectivity index is 1.82. The van der Waals surface area contributed by atoms with Gasteiger partial charge in [0.1, 0.15) is 5.75 Å². The lowest BCUT2D eigenvalue weighted by molar-refractivity contribution is 0.408. The molecule has 1 aromatic heterocycles. The van der Waals surface area contributed by atoms with Crippen LogP contribution in [0, 0.1) is 0 Å². The van der Waals surface area contributed by atoms with Crippen molar-refractivity contribution in [2.75, 3.05) is 7.11 Å². The number of nitrogens with one attached hydrogen (secondary N) is 1. The molecule has 0 radical (unpaired) electrons. The molecule has 0 bridgehead atoms. The zero-order valence-corrected chi connectivity index (χ0v) is 12.0. The molecule has 3 rings (SSSR count). The fraction of sp³-hybridized carbons (Fsp3) is 0.167. The summed E-state index contributed by atoms with van der Waals surface area (Å²) < 4.78 is 5.51. The Morgan fingerprint density at radius 2 is 1.76 bits per heavy atom. The first kappa shape index (κ1) is 13.6. The summed E-state index contributed by atoms with van der Waals surface area (Å²) in [4.78, 5) is 4.03. The van der Waals surface area contributed by atoms with Gasteiger partial charge in [0.25, 0.3) is 0 Å². The average Bonchev–Trinajstić information content (AvgIpc) is 2.56. The molecule has 0 atom stereocenters. The highest BCUT2D eigenvalue weighted by Gasteiger charge is 2.07. The lowest BCUT2D eigenvalue weighted by Gasteiger charge is -2.13. The molecule has 106 valence electrons. The van der Waals surface area contributed by atoms with E-state index >= 15 is 0 Å². The van der Waals surface area contributed by atoms with Crippen LogP contribution < -0.4 is 10.1 Å². The molecule has 0 aliphatic rings. The lowest BCUT2D eigenvalue weighted by atomic mass is 10.0. The maximum Gasteiger partial charge on any atom is 0.123 e. The minimum atomic E-state index is 0.771. The minimum absolute atomic E-state index is 0.771. The first-order valence-corrected chi connectivity index (χ1v) is 7.03. The highest BCUT2D eigenvalue weighted by molar-refractivity contribution is 5.87. The number of benzene rings is 2. The van der Waals surface area contributed by atoms with E-state index in [2.05, 4.69) is 40.6 Å². The number of pyridine rings is 1. The van der Waals surface area contributed by atoms with Gasteiger partial charge in [0, 0.05) is 31.0 Å². The number of hydrogen-bond donors (Lipinski definition) is 1. The lowest BCUT2D eigenvalue weighted by Crippen LogP contribution is -2.13. The van der Waals surface area contributed by atoms with Gasteiger partial charge in [0.2, 0.25) is 0 Å². The maximum absolute atomic E-state index is 5.51. The third-order valence-electron chi connectivity index (χ3n) is 3.60. The van der Waals surface area contributed by atoms with Crippen molar-refractivity contribution in [3.8, 4) is 5.75 Å². The summed E-state index contributed by atoms with van der Waals surface area (Å²) in [6, 6.07) is 16.6. The molecule has 21 heavy (non-hydrogen) atoms. The number of hydrogen-bond acceptors (Lipinski definition) is 3. The fourth-order valence-electron chi connectivity index (χ4n) is 2.52. The largest absolute Gasteiger partial charge is 0.496 e. The standard InChI is InChI=1S/C18H18N2O/c1-21-18-7-6-15-4-2-3-5-16(15)17(18)13-20-12-14-8-10-19-11-9-14/h2-11,20H,12-13H2,1H3. The number of rotatable bonds is 5. The van der Waals surface area contributed by atoms with Crippen molar-refractivity contribution < 1.29 is 4.74 Å². The van der Waals surface area contributed by atoms with Crippen molar-refractivity contribution in [2.45, 2.75) is 13.1 Å². The molecule has 0 saturated heterocycles. The van der Waals surface area contributed by atoms with Crippen LogP contribution in [0.3, 0.4) is 0 Å². The summed E-state index contributed by atoms with van der Waals surface area (Å²) in [6.45, 7) is 1.59. The number of nitrogens with zero attached hydrogens (tertiary/aromatic N) is 1. The summed E-state index contributed by atoms with van der Waals surface area (Å²) in [5.41, 5.74) is 2.42. The van der Waals surface area contributed by atoms with Gasteiger partial charge in [-0.1, -0.05) is 30.3 Å². The molecule has 0 aliphatic heterocycles. The van der Waals surface area contributed by atoms with Crippen LogP contribution in [0.25, 0.3) is 10.8 Å². The van der Waals surface area contributed by atoms with E-state index in [9.17, 15) is 0 Å². The van der Waals surface area contributed by atoms with E-state index in [0.717, 1.165) is 18.8 Å². The second kappa shape index (κ2) is 6.37. The molecule has 1 N–H and O–H groups in total. The molecule has 2 aromatic carbocycles. The number of methoxy groups -OCH3 is 1. The van der Waals surface area contributed by atoms with E-state index in [1.54, 1.807) is 7.11 Å². The summed E-state index contributed by atoms with van der Waals surface area (Å²) in [7, 11) is 1.72. The molecular formula is C18H18N2O. The van der Waals surface area contributed by atoms with Crippen molar-refractivity contribution >= 4 is 10.8 Å². The SMILES string of the molecule is COc1ccc2ccccc2c1CNCc1ccncc1. The number of ether oxygens (including phenoxy) is 1. The van der Waals surface area contributed by atoms with Gasteiger partial charge < -0.3 is 10.1 Å². The van der Waals surface area contributed by atoms with Crippen LogP contribution in [0.5, 0.6) is 5.75 Å². The van der Waals surface area contributed by atoms with E-state index < -0.39 is 0 Å². The van der Waals surface area contributed by atoms with Crippen LogP contribution in [-0.2, 0) is 13.1 Å². The highest BCUT2D eigenvalue weighted by Crippen LogP contribution is 2.27. The van der Waals surface area contributed by atoms with E-state index in [-0.39, 0.29) is 0 Å². The van der Waals surface area contributed by atoms with Crippen LogP contribution in [-0.4, -0.2) is 12.1 Å². The number of aromatic nitrogens is 1. The third kappa shape index (κ3) is 3.03. The van der Waals surface area contributed by atoms with Crippen LogP contribution in [0.1, 0.15) is 11.1 Å². The first-order valence-electron chi connectivity index (χ1n) is 7.03. The predicted molar refractivity (Wildman–Crippen MR) is 85.3 cm³/mol. The zero-order chi connectivity index (χ0) is 14.5. The van der Waals surface area contributed by atoms with E-state index in [1.165, 1.54) is 21.9 Å². The van der Waals surface area contributed by atoms with Gasteiger partial charge in [-0.2, -0.15) is 0 Å². The molecule has 0 aliphatic carbocycles. The monoisotopic (exact) mass is 278 g/mol. The topological polar surface area (TPSA) is 34.1 Å². The summed E-state index contributed by atoms with van der Waals surface area (Å²) >= 11 is 0. The molecule has 0 spiro atoms. The Bertz CT molecular complexity index is 726. The Hall–Kier alpha value is -2.39. The van der Waals surface area contributed by atoms with Crippen molar-refractivity contribution in [3.63, 3.8) is 0 Å². The van der Waals surface area contributed by atoms with Crippen molar-refractivity contribution in [1.82, 2.24) is 10.3 Å². The summed E-state index contributed by atoms with van der Waals surface area (Å²) in [5, 5.41) is 5.95. The van der Waals surface area contributed by atoms with Gasteiger partial charge in [0.05, 0.1) is 7.11 Å². The Morgan fingerprint density at radius 1 is 0.952 bits per heavy atom. The van der Waals surface area contributed by atoms with Crippen LogP contribution in [0.15, 0.2) is 60.9 Å². The van der Waals surface area contributed by atoms with Gasteiger partial charge >= 0.3 is 0 Å². The zero-order valence-electron chi connectivity index (χ0n) is 12.0. The normalized spacial score (nSPS) is 10.7. The molecule has 0 fully saturated rings. The molecule has 3 nitrogen and oxygen atoms in total. The van der Waals surface area contributed by atoms with Crippen molar-refractivity contribution in [2.24, 2.45) is 0 Å². The number of fused-ring (bicyclic) bond motifs is 1. The first-order chi connectivity index (χ1) is 10.4. The van der Waals surface area contributed by atoms with Crippen LogP contribution in [0.4, 0.5) is 0 Å². The predicted octanol–water partition coefficient (Wildman–Crippen LogP) is 3.53. The van der Waals surface area contributed by atoms with Crippen LogP contribution in [0.2, 0.25) is 0 Å². The van der Waals surface area contributed by atoms with Gasteiger partial charge in [-0.25, -0.2) is 0 Å². The molecule has 1 heterocycles. The Labute approximate surface area is 124 Å². The van der Waals surface area contributed by atoms with Crippen LogP contribution >= 0.6 is 0 Å². The quantitative estimate of drug-likeness (QED) is 0.775. The van der Waals surface area contributed by atoms with E-state index in [4.69, 9.17) is 4.74 Å². The molecule has 3 aromatic rings. The molecule has 0 saturated carbocycles. The molecule has 0 unspecified atom stereocenters. The van der Waals surface area contributed by atoms with Gasteiger partial charge in [-0.05, 0) is 34.5 Å². The average molecular weight is 278 g/mol. The summed E-state index contributed by atoms with van der Waals surface area (Å²) in [6.07, 6.45) is 3.63. The van der Waals surface area contributed by atoms with Gasteiger partial charge in [-0.15, -0.1) is 0 Å². The molecular weight excluding hydrogens is 260 g/mol. The molecule has 3 heteroatoms. The minimum Gasteiger partial charge on any atom is -0.496 e. The second-order valence-electron chi connectivity index (χ2n) is 4.93. The van der Waals surface area contributed by atoms with Gasteiger partial charge in [0.15, 0.2) is 0 Å². The van der Waals surface area contributed by atoms with Gasteiger partial charge in [-0.3, -0.25) is 4.98 Å². The third-order valence-corrected chi connectivity index (χ3v) is 3.60. The van der Waals surface area contributed by atoms with E-state index in [0.29, 0.717) is 0 Å². The highest BCUT2D eigenvalue weighted by atomic mass is 16.5. The fourth-order valence-corrected chi connectivity index (χ4v) is 2.52. The smallest absolute Gasteiger partial charge is 0.123 e. The van der Waals surface area contributed by atoms with E-state index in [1.807, 2.05) is 30.6 Å². The molecule has 0 amide bonds. The maximum atomic E-state index is 5.51. The Kier molecular flexibility index (Phi) is 4.12.